The normalized spacial score (nSPS) is 18.4. The highest BCUT2D eigenvalue weighted by Gasteiger charge is 2.38. The Morgan fingerprint density at radius 2 is 1.44 bits per heavy atom. The van der Waals surface area contributed by atoms with Gasteiger partial charge in [-0.3, -0.25) is 0 Å². The van der Waals surface area contributed by atoms with E-state index in [1.807, 2.05) is 43.1 Å². The third-order valence-corrected chi connectivity index (χ3v) is 8.77. The van der Waals surface area contributed by atoms with Gasteiger partial charge in [-0.05, 0) is 74.8 Å². The molecule has 14 heteroatoms. The molecule has 1 aliphatic rings. The van der Waals surface area contributed by atoms with Gasteiger partial charge in [0.2, 0.25) is 16.0 Å². The molecular formula is C27H31F6N5O2S. The predicted molar refractivity (Wildman–Crippen MR) is 144 cm³/mol. The number of aromatic nitrogens is 2. The van der Waals surface area contributed by atoms with Gasteiger partial charge >= 0.3 is 12.4 Å². The zero-order valence-electron chi connectivity index (χ0n) is 22.5. The standard InChI is InChI=1S/C27H31F6N5O2S/c1-3-38(2)24-22-6-4-5-7-23(22)36-25(37-24)34-15-17-8-10-18(11-9-17)16-35-41(39,40)21-13-19(26(28,29)30)12-20(14-21)27(31,32)33/h4-7,12-14,17-18,35H,3,8-11,15-16H2,1-2H3,(H,34,36,37). The van der Waals surface area contributed by atoms with Crippen LogP contribution in [-0.2, 0) is 22.4 Å². The Hall–Kier alpha value is -3.13. The number of nitrogens with zero attached hydrogens (tertiary/aromatic N) is 3. The predicted octanol–water partition coefficient (Wildman–Crippen LogP) is 6.32. The molecule has 3 aromatic rings. The number of para-hydroxylation sites is 1. The second kappa shape index (κ2) is 12.0. The zero-order chi connectivity index (χ0) is 30.0. The van der Waals surface area contributed by atoms with Crippen LogP contribution in [0.3, 0.4) is 0 Å². The highest BCUT2D eigenvalue weighted by Crippen LogP contribution is 2.37. The average Bonchev–Trinajstić information content (AvgIpc) is 2.93. The maximum atomic E-state index is 13.2. The van der Waals surface area contributed by atoms with Crippen molar-refractivity contribution in [1.29, 1.82) is 0 Å². The second-order valence-corrected chi connectivity index (χ2v) is 12.0. The largest absolute Gasteiger partial charge is 0.416 e. The van der Waals surface area contributed by atoms with Gasteiger partial charge in [-0.15, -0.1) is 0 Å². The zero-order valence-corrected chi connectivity index (χ0v) is 23.3. The monoisotopic (exact) mass is 603 g/mol. The minimum Gasteiger partial charge on any atom is -0.359 e. The van der Waals surface area contributed by atoms with E-state index in [9.17, 15) is 34.8 Å². The van der Waals surface area contributed by atoms with Gasteiger partial charge in [-0.2, -0.15) is 31.3 Å². The lowest BCUT2D eigenvalue weighted by atomic mass is 9.82. The molecule has 1 aliphatic carbocycles. The van der Waals surface area contributed by atoms with Gasteiger partial charge < -0.3 is 10.2 Å². The smallest absolute Gasteiger partial charge is 0.359 e. The summed E-state index contributed by atoms with van der Waals surface area (Å²) in [7, 11) is -2.64. The number of alkyl halides is 6. The number of fused-ring (bicyclic) bond motifs is 1. The molecule has 1 saturated carbocycles. The van der Waals surface area contributed by atoms with Crippen molar-refractivity contribution < 1.29 is 34.8 Å². The molecule has 0 saturated heterocycles. The first-order chi connectivity index (χ1) is 19.2. The molecule has 0 bridgehead atoms. The highest BCUT2D eigenvalue weighted by molar-refractivity contribution is 7.89. The van der Waals surface area contributed by atoms with E-state index in [-0.39, 0.29) is 36.6 Å². The molecule has 1 aromatic heterocycles. The first kappa shape index (κ1) is 30.8. The molecule has 0 radical (unpaired) electrons. The Labute approximate surface area is 234 Å². The van der Waals surface area contributed by atoms with Crippen molar-refractivity contribution >= 4 is 32.7 Å². The summed E-state index contributed by atoms with van der Waals surface area (Å²) in [6, 6.07) is 8.08. The minimum absolute atomic E-state index is 0.0828. The lowest BCUT2D eigenvalue weighted by Crippen LogP contribution is -2.32. The lowest BCUT2D eigenvalue weighted by molar-refractivity contribution is -0.143. The van der Waals surface area contributed by atoms with E-state index in [0.29, 0.717) is 25.3 Å². The first-order valence-corrected chi connectivity index (χ1v) is 14.7. The van der Waals surface area contributed by atoms with Crippen LogP contribution in [0.2, 0.25) is 0 Å². The maximum absolute atomic E-state index is 13.2. The molecule has 0 spiro atoms. The molecule has 0 unspecified atom stereocenters. The summed E-state index contributed by atoms with van der Waals surface area (Å²) in [5, 5.41) is 4.26. The van der Waals surface area contributed by atoms with Crippen molar-refractivity contribution in [3.05, 3.63) is 53.6 Å². The SMILES string of the molecule is CCN(C)c1nc(NCC2CCC(CNS(=O)(=O)c3cc(C(F)(F)F)cc(C(F)(F)F)c3)CC2)nc2ccccc12. The number of halogens is 6. The van der Waals surface area contributed by atoms with E-state index in [1.165, 1.54) is 0 Å². The van der Waals surface area contributed by atoms with Gasteiger partial charge in [0, 0.05) is 32.1 Å². The summed E-state index contributed by atoms with van der Waals surface area (Å²) in [6.07, 6.45) is -7.46. The second-order valence-electron chi connectivity index (χ2n) is 10.3. The molecule has 224 valence electrons. The molecule has 7 nitrogen and oxygen atoms in total. The Balaban J connectivity index is 1.35. The van der Waals surface area contributed by atoms with Gasteiger partial charge in [-0.1, -0.05) is 12.1 Å². The lowest BCUT2D eigenvalue weighted by Gasteiger charge is -2.29. The summed E-state index contributed by atoms with van der Waals surface area (Å²) in [6.45, 7) is 3.32. The molecule has 4 rings (SSSR count). The van der Waals surface area contributed by atoms with Crippen LogP contribution < -0.4 is 14.9 Å². The van der Waals surface area contributed by atoms with Crippen molar-refractivity contribution in [3.63, 3.8) is 0 Å². The Morgan fingerprint density at radius 3 is 2.00 bits per heavy atom. The highest BCUT2D eigenvalue weighted by atomic mass is 32.2. The van der Waals surface area contributed by atoms with Crippen LogP contribution in [0.25, 0.3) is 10.9 Å². The molecule has 0 amide bonds. The fourth-order valence-corrected chi connectivity index (χ4v) is 6.03. The number of hydrogen-bond donors (Lipinski definition) is 2. The van der Waals surface area contributed by atoms with E-state index in [4.69, 9.17) is 0 Å². The van der Waals surface area contributed by atoms with Crippen LogP contribution in [0.4, 0.5) is 38.1 Å². The third-order valence-electron chi connectivity index (χ3n) is 7.37. The molecule has 2 aromatic carbocycles. The van der Waals surface area contributed by atoms with Gasteiger partial charge in [0.15, 0.2) is 0 Å². The number of anilines is 2. The van der Waals surface area contributed by atoms with E-state index < -0.39 is 38.4 Å². The third kappa shape index (κ3) is 7.59. The molecule has 0 aliphatic heterocycles. The summed E-state index contributed by atoms with van der Waals surface area (Å²) >= 11 is 0. The van der Waals surface area contributed by atoms with E-state index >= 15 is 0 Å². The fraction of sp³-hybridized carbons (Fsp3) is 0.481. The maximum Gasteiger partial charge on any atom is 0.416 e. The van der Waals surface area contributed by atoms with Gasteiger partial charge in [-0.25, -0.2) is 18.1 Å². The summed E-state index contributed by atoms with van der Waals surface area (Å²) in [5.74, 6) is 1.49. The van der Waals surface area contributed by atoms with Crippen molar-refractivity contribution in [2.45, 2.75) is 49.9 Å². The topological polar surface area (TPSA) is 87.2 Å². The van der Waals surface area contributed by atoms with Crippen molar-refractivity contribution in [2.24, 2.45) is 11.8 Å². The summed E-state index contributed by atoms with van der Waals surface area (Å²) in [5.41, 5.74) is -2.53. The number of rotatable bonds is 9. The Bertz CT molecular complexity index is 1440. The van der Waals surface area contributed by atoms with Gasteiger partial charge in [0.1, 0.15) is 5.82 Å². The van der Waals surface area contributed by atoms with Crippen LogP contribution in [0, 0.1) is 11.8 Å². The molecule has 41 heavy (non-hydrogen) atoms. The van der Waals surface area contributed by atoms with Crippen molar-refractivity contribution in [3.8, 4) is 0 Å². The van der Waals surface area contributed by atoms with Crippen LogP contribution in [0.15, 0.2) is 47.4 Å². The molecule has 1 heterocycles. The van der Waals surface area contributed by atoms with E-state index in [0.717, 1.165) is 36.1 Å². The van der Waals surface area contributed by atoms with Crippen LogP contribution in [0.1, 0.15) is 43.7 Å². The summed E-state index contributed by atoms with van der Waals surface area (Å²) < 4.78 is 106. The van der Waals surface area contributed by atoms with Gasteiger partial charge in [0.05, 0.1) is 21.5 Å². The first-order valence-electron chi connectivity index (χ1n) is 13.2. The Kier molecular flexibility index (Phi) is 9.02. The van der Waals surface area contributed by atoms with E-state index in [2.05, 4.69) is 20.0 Å². The fourth-order valence-electron chi connectivity index (χ4n) is 4.85. The molecule has 1 fully saturated rings. The van der Waals surface area contributed by atoms with Crippen molar-refractivity contribution in [1.82, 2.24) is 14.7 Å². The molecule has 0 atom stereocenters. The van der Waals surface area contributed by atoms with E-state index in [1.54, 1.807) is 0 Å². The number of nitrogens with one attached hydrogen (secondary N) is 2. The number of sulfonamides is 1. The van der Waals surface area contributed by atoms with Crippen molar-refractivity contribution in [2.75, 3.05) is 36.9 Å². The average molecular weight is 604 g/mol. The van der Waals surface area contributed by atoms with Crippen LogP contribution in [-0.4, -0.2) is 45.1 Å². The summed E-state index contributed by atoms with van der Waals surface area (Å²) in [4.78, 5) is 10.3. The quantitative estimate of drug-likeness (QED) is 0.279. The Morgan fingerprint density at radius 1 is 0.878 bits per heavy atom. The molecule has 2 N–H and O–H groups in total. The van der Waals surface area contributed by atoms with Crippen LogP contribution >= 0.6 is 0 Å². The van der Waals surface area contributed by atoms with Gasteiger partial charge in [0.25, 0.3) is 0 Å². The number of hydrogen-bond acceptors (Lipinski definition) is 6. The minimum atomic E-state index is -5.14. The van der Waals surface area contributed by atoms with Crippen LogP contribution in [0.5, 0.6) is 0 Å². The molecular weight excluding hydrogens is 572 g/mol. The number of benzene rings is 2.